The summed E-state index contributed by atoms with van der Waals surface area (Å²) in [6.07, 6.45) is 1.15. The van der Waals surface area contributed by atoms with Gasteiger partial charge in [0.05, 0.1) is 5.92 Å². The first kappa shape index (κ1) is 16.9. The Bertz CT molecular complexity index is 284. The topological polar surface area (TPSA) is 92.4 Å². The van der Waals surface area contributed by atoms with E-state index in [2.05, 4.69) is 5.32 Å². The zero-order chi connectivity index (χ0) is 14.3. The molecule has 4 N–H and O–H groups in total. The molecule has 0 aliphatic heterocycles. The van der Waals surface area contributed by atoms with Gasteiger partial charge in [-0.05, 0) is 24.8 Å². The summed E-state index contributed by atoms with van der Waals surface area (Å²) in [5.74, 6) is -1.70. The number of carboxylic acid groups (broad SMARTS) is 1. The minimum absolute atomic E-state index is 0.0728. The van der Waals surface area contributed by atoms with Gasteiger partial charge in [-0.15, -0.1) is 0 Å². The van der Waals surface area contributed by atoms with Crippen molar-refractivity contribution in [3.63, 3.8) is 0 Å². The predicted octanol–water partition coefficient (Wildman–Crippen LogP) is 1.22. The predicted molar refractivity (Wildman–Crippen MR) is 71.0 cm³/mol. The van der Waals surface area contributed by atoms with Gasteiger partial charge in [0, 0.05) is 12.5 Å². The van der Waals surface area contributed by atoms with Crippen LogP contribution in [0, 0.1) is 17.3 Å². The average Bonchev–Trinajstić information content (AvgIpc) is 2.22. The molecule has 0 radical (unpaired) electrons. The number of rotatable bonds is 7. The Morgan fingerprint density at radius 3 is 2.28 bits per heavy atom. The number of aliphatic carboxylic acids is 1. The first-order valence-electron chi connectivity index (χ1n) is 6.38. The van der Waals surface area contributed by atoms with Crippen molar-refractivity contribution in [3.8, 4) is 0 Å². The Labute approximate surface area is 109 Å². The zero-order valence-electron chi connectivity index (χ0n) is 11.8. The lowest BCUT2D eigenvalue weighted by Crippen LogP contribution is -2.37. The number of carbonyl (C=O) groups is 2. The first-order valence-corrected chi connectivity index (χ1v) is 6.38. The van der Waals surface area contributed by atoms with Crippen molar-refractivity contribution in [1.29, 1.82) is 0 Å². The van der Waals surface area contributed by atoms with Gasteiger partial charge >= 0.3 is 5.97 Å². The van der Waals surface area contributed by atoms with Crippen LogP contribution in [0.3, 0.4) is 0 Å². The number of carbonyl (C=O) groups excluding carboxylic acids is 1. The van der Waals surface area contributed by atoms with E-state index >= 15 is 0 Å². The normalized spacial score (nSPS) is 14.9. The summed E-state index contributed by atoms with van der Waals surface area (Å²) in [5, 5.41) is 11.8. The third-order valence-electron chi connectivity index (χ3n) is 2.78. The third kappa shape index (κ3) is 7.27. The molecule has 0 saturated carbocycles. The van der Waals surface area contributed by atoms with E-state index in [4.69, 9.17) is 10.8 Å². The quantitative estimate of drug-likeness (QED) is 0.640. The summed E-state index contributed by atoms with van der Waals surface area (Å²) in [6, 6.07) is 0. The zero-order valence-corrected chi connectivity index (χ0v) is 11.8. The minimum Gasteiger partial charge on any atom is -0.481 e. The number of carboxylic acids is 1. The van der Waals surface area contributed by atoms with E-state index in [1.165, 1.54) is 0 Å². The monoisotopic (exact) mass is 258 g/mol. The van der Waals surface area contributed by atoms with E-state index in [0.717, 1.165) is 0 Å². The second-order valence-corrected chi connectivity index (χ2v) is 6.02. The average molecular weight is 258 g/mol. The highest BCUT2D eigenvalue weighted by Gasteiger charge is 2.25. The van der Waals surface area contributed by atoms with Gasteiger partial charge in [0.15, 0.2) is 0 Å². The fourth-order valence-electron chi connectivity index (χ4n) is 1.77. The summed E-state index contributed by atoms with van der Waals surface area (Å²) in [6.45, 7) is 8.40. The molecule has 0 aliphatic rings. The lowest BCUT2D eigenvalue weighted by Gasteiger charge is -2.24. The number of nitrogens with two attached hydrogens (primary N) is 1. The van der Waals surface area contributed by atoms with Gasteiger partial charge in [0.2, 0.25) is 5.91 Å². The number of amides is 1. The van der Waals surface area contributed by atoms with Crippen LogP contribution in [0.25, 0.3) is 0 Å². The van der Waals surface area contributed by atoms with Crippen LogP contribution in [0.4, 0.5) is 0 Å². The molecule has 106 valence electrons. The number of hydrogen-bond acceptors (Lipinski definition) is 3. The molecule has 18 heavy (non-hydrogen) atoms. The van der Waals surface area contributed by atoms with Crippen molar-refractivity contribution in [2.75, 3.05) is 13.1 Å². The highest BCUT2D eigenvalue weighted by atomic mass is 16.4. The van der Waals surface area contributed by atoms with Gasteiger partial charge in [-0.2, -0.15) is 0 Å². The van der Waals surface area contributed by atoms with E-state index in [1.54, 1.807) is 6.92 Å². The molecular weight excluding hydrogens is 232 g/mol. The largest absolute Gasteiger partial charge is 0.481 e. The second kappa shape index (κ2) is 7.36. The Kier molecular flexibility index (Phi) is 6.91. The van der Waals surface area contributed by atoms with Crippen LogP contribution in [0.2, 0.25) is 0 Å². The lowest BCUT2D eigenvalue weighted by atomic mass is 9.84. The molecule has 0 fully saturated rings. The second-order valence-electron chi connectivity index (χ2n) is 6.02. The first-order chi connectivity index (χ1) is 8.17. The molecule has 2 unspecified atom stereocenters. The van der Waals surface area contributed by atoms with E-state index in [-0.39, 0.29) is 23.8 Å². The Hall–Kier alpha value is -1.10. The van der Waals surface area contributed by atoms with Gasteiger partial charge in [-0.25, -0.2) is 0 Å². The van der Waals surface area contributed by atoms with Crippen LogP contribution < -0.4 is 11.1 Å². The van der Waals surface area contributed by atoms with Crippen molar-refractivity contribution in [2.24, 2.45) is 23.0 Å². The molecule has 5 heteroatoms. The van der Waals surface area contributed by atoms with Crippen molar-refractivity contribution >= 4 is 11.9 Å². The summed E-state index contributed by atoms with van der Waals surface area (Å²) < 4.78 is 0. The smallest absolute Gasteiger partial charge is 0.308 e. The van der Waals surface area contributed by atoms with Crippen LogP contribution >= 0.6 is 0 Å². The SMILES string of the molecule is CC(CCN)C(=O)NCC(CC(C)(C)C)C(=O)O. The molecule has 0 bridgehead atoms. The van der Waals surface area contributed by atoms with Crippen molar-refractivity contribution in [3.05, 3.63) is 0 Å². The maximum atomic E-state index is 11.7. The van der Waals surface area contributed by atoms with Crippen molar-refractivity contribution in [1.82, 2.24) is 5.32 Å². The van der Waals surface area contributed by atoms with Gasteiger partial charge in [0.25, 0.3) is 0 Å². The fourth-order valence-corrected chi connectivity index (χ4v) is 1.77. The lowest BCUT2D eigenvalue weighted by molar-refractivity contribution is -0.142. The van der Waals surface area contributed by atoms with Crippen LogP contribution in [0.1, 0.15) is 40.5 Å². The summed E-state index contributed by atoms with van der Waals surface area (Å²) in [7, 11) is 0. The number of hydrogen-bond donors (Lipinski definition) is 3. The van der Waals surface area contributed by atoms with Gasteiger partial charge < -0.3 is 16.2 Å². The fraction of sp³-hybridized carbons (Fsp3) is 0.846. The summed E-state index contributed by atoms with van der Waals surface area (Å²) in [4.78, 5) is 22.8. The molecule has 0 saturated heterocycles. The molecule has 0 rings (SSSR count). The third-order valence-corrected chi connectivity index (χ3v) is 2.78. The van der Waals surface area contributed by atoms with Crippen molar-refractivity contribution < 1.29 is 14.7 Å². The Morgan fingerprint density at radius 1 is 1.33 bits per heavy atom. The Balaban J connectivity index is 4.28. The van der Waals surface area contributed by atoms with E-state index in [9.17, 15) is 9.59 Å². The minimum atomic E-state index is -0.864. The van der Waals surface area contributed by atoms with Crippen LogP contribution in [0.5, 0.6) is 0 Å². The summed E-state index contributed by atoms with van der Waals surface area (Å²) in [5.41, 5.74) is 5.31. The van der Waals surface area contributed by atoms with E-state index < -0.39 is 11.9 Å². The molecule has 0 aliphatic carbocycles. The molecule has 2 atom stereocenters. The van der Waals surface area contributed by atoms with Crippen LogP contribution in [-0.4, -0.2) is 30.1 Å². The highest BCUT2D eigenvalue weighted by Crippen LogP contribution is 2.24. The maximum Gasteiger partial charge on any atom is 0.308 e. The Morgan fingerprint density at radius 2 is 1.89 bits per heavy atom. The van der Waals surface area contributed by atoms with Crippen molar-refractivity contribution in [2.45, 2.75) is 40.5 Å². The maximum absolute atomic E-state index is 11.7. The molecule has 0 heterocycles. The highest BCUT2D eigenvalue weighted by molar-refractivity contribution is 5.79. The van der Waals surface area contributed by atoms with Crippen LogP contribution in [0.15, 0.2) is 0 Å². The summed E-state index contributed by atoms with van der Waals surface area (Å²) >= 11 is 0. The molecule has 0 aromatic rings. The van der Waals surface area contributed by atoms with Gasteiger partial charge in [0.1, 0.15) is 0 Å². The number of nitrogens with one attached hydrogen (secondary N) is 1. The molecule has 5 nitrogen and oxygen atoms in total. The van der Waals surface area contributed by atoms with Gasteiger partial charge in [-0.3, -0.25) is 9.59 Å². The molecular formula is C13H26N2O3. The molecule has 0 spiro atoms. The standard InChI is InChI=1S/C13H26N2O3/c1-9(5-6-14)11(16)15-8-10(12(17)18)7-13(2,3)4/h9-10H,5-8,14H2,1-4H3,(H,15,16)(H,17,18). The van der Waals surface area contributed by atoms with E-state index in [0.29, 0.717) is 19.4 Å². The van der Waals surface area contributed by atoms with E-state index in [1.807, 2.05) is 20.8 Å². The molecule has 0 aromatic carbocycles. The van der Waals surface area contributed by atoms with Gasteiger partial charge in [-0.1, -0.05) is 27.7 Å². The van der Waals surface area contributed by atoms with Crippen LogP contribution in [-0.2, 0) is 9.59 Å². The molecule has 1 amide bonds. The molecule has 0 aromatic heterocycles.